The normalized spacial score (nSPS) is 10.0. The maximum absolute atomic E-state index is 5.26. The van der Waals surface area contributed by atoms with Crippen molar-refractivity contribution in [2.24, 2.45) is 0 Å². The van der Waals surface area contributed by atoms with Gasteiger partial charge in [0, 0.05) is 78.3 Å². The second kappa shape index (κ2) is 18.6. The zero-order valence-electron chi connectivity index (χ0n) is 27.0. The average Bonchev–Trinajstić information content (AvgIpc) is 3.66. The summed E-state index contributed by atoms with van der Waals surface area (Å²) in [5.74, 6) is 0. The molecule has 5 aromatic heterocycles. The van der Waals surface area contributed by atoms with Crippen LogP contribution in [0.25, 0.3) is 66.9 Å². The Kier molecular flexibility index (Phi) is 13.5. The van der Waals surface area contributed by atoms with Gasteiger partial charge in [0.15, 0.2) is 0 Å². The molecule has 0 fully saturated rings. The number of hydrogen-bond acceptors (Lipinski definition) is 5. The monoisotopic (exact) mass is 1020 g/mol. The summed E-state index contributed by atoms with van der Waals surface area (Å²) in [7, 11) is 0. The summed E-state index contributed by atoms with van der Waals surface area (Å²) in [6.07, 6.45) is 6.92. The van der Waals surface area contributed by atoms with E-state index in [-0.39, 0.29) is 42.1 Å². The van der Waals surface area contributed by atoms with Gasteiger partial charge in [-0.25, -0.2) is 10.5 Å². The average molecular weight is 1020 g/mol. The number of aromatic nitrogens is 4. The molecule has 0 aliphatic heterocycles. The number of fused-ring (bicyclic) bond motifs is 2. The van der Waals surface area contributed by atoms with Gasteiger partial charge in [0.1, 0.15) is 0 Å². The first-order valence-corrected chi connectivity index (χ1v) is 15.7. The van der Waals surface area contributed by atoms with Crippen molar-refractivity contribution in [3.05, 3.63) is 195 Å². The number of furan rings is 1. The third-order valence-corrected chi connectivity index (χ3v) is 7.50. The number of hydrogen-bond donors (Lipinski definition) is 0. The van der Waals surface area contributed by atoms with E-state index >= 15 is 0 Å². The van der Waals surface area contributed by atoms with E-state index in [0.717, 1.165) is 66.9 Å². The van der Waals surface area contributed by atoms with Crippen LogP contribution in [0.15, 0.2) is 175 Å². The van der Waals surface area contributed by atoms with Crippen LogP contribution in [0.5, 0.6) is 0 Å². The van der Waals surface area contributed by atoms with Crippen LogP contribution in [-0.4, -0.2) is 19.9 Å². The molecule has 5 heterocycles. The van der Waals surface area contributed by atoms with E-state index in [9.17, 15) is 0 Å². The standard InChI is InChI=1S/C17H11N.C15H11N3.C12H6O.2Pt/c1-2-7-14(8-3-1)15-9-6-10-16(13-15)17-11-4-5-12-18-17;1-3-10-16-12(6-1)14-8-5-9-15(18-14)13-7-2-4-11-17-13;1-2-4-10-8-12-11(5-6-13-12)7-9(10)3-1;;/h1-7,9-12H;1-11H;1-2,4,6-8H;;/q-2;;-2;;. The fraction of sp³-hybridized carbons (Fsp3) is 0. The van der Waals surface area contributed by atoms with Crippen molar-refractivity contribution in [1.29, 1.82) is 0 Å². The number of rotatable bonds is 4. The molecule has 7 heteroatoms. The van der Waals surface area contributed by atoms with Gasteiger partial charge in [-0.2, -0.15) is 53.4 Å². The van der Waals surface area contributed by atoms with E-state index in [1.54, 1.807) is 24.9 Å². The minimum Gasteiger partial charge on any atom is -0.536 e. The van der Waals surface area contributed by atoms with E-state index in [1.807, 2.05) is 146 Å². The molecule has 0 atom stereocenters. The smallest absolute Gasteiger partial charge is 0.0894 e. The Morgan fingerprint density at radius 3 is 1.67 bits per heavy atom. The van der Waals surface area contributed by atoms with Crippen molar-refractivity contribution in [1.82, 2.24) is 19.9 Å². The largest absolute Gasteiger partial charge is 0.536 e. The van der Waals surface area contributed by atoms with Crippen LogP contribution < -0.4 is 0 Å². The van der Waals surface area contributed by atoms with Crippen molar-refractivity contribution in [3.8, 4) is 45.2 Å². The molecule has 0 N–H and O–H groups in total. The van der Waals surface area contributed by atoms with Crippen LogP contribution in [0.1, 0.15) is 0 Å². The minimum atomic E-state index is 0. The molecule has 9 rings (SSSR count). The van der Waals surface area contributed by atoms with Crippen molar-refractivity contribution in [3.63, 3.8) is 0 Å². The molecule has 0 spiro atoms. The molecule has 0 bridgehead atoms. The summed E-state index contributed by atoms with van der Waals surface area (Å²) in [5.41, 5.74) is 8.38. The van der Waals surface area contributed by atoms with Crippen molar-refractivity contribution < 1.29 is 46.5 Å². The molecule has 0 unspecified atom stereocenters. The zero-order chi connectivity index (χ0) is 33.1. The topological polar surface area (TPSA) is 64.7 Å². The maximum atomic E-state index is 5.26. The van der Waals surface area contributed by atoms with Crippen LogP contribution >= 0.6 is 0 Å². The van der Waals surface area contributed by atoms with Crippen molar-refractivity contribution in [2.75, 3.05) is 0 Å². The Bertz CT molecular complexity index is 2110. The van der Waals surface area contributed by atoms with Gasteiger partial charge in [0.05, 0.1) is 22.8 Å². The second-order valence-corrected chi connectivity index (χ2v) is 10.8. The first-order valence-electron chi connectivity index (χ1n) is 15.7. The van der Waals surface area contributed by atoms with Gasteiger partial charge >= 0.3 is 0 Å². The maximum Gasteiger partial charge on any atom is 0.0894 e. The molecule has 9 aromatic rings. The van der Waals surface area contributed by atoms with Crippen molar-refractivity contribution in [2.45, 2.75) is 0 Å². The molecule has 254 valence electrons. The van der Waals surface area contributed by atoms with Gasteiger partial charge in [-0.15, -0.1) is 70.9 Å². The Morgan fingerprint density at radius 1 is 0.431 bits per heavy atom. The molecule has 5 nitrogen and oxygen atoms in total. The summed E-state index contributed by atoms with van der Waals surface area (Å²) in [6.45, 7) is 0. The van der Waals surface area contributed by atoms with Gasteiger partial charge in [-0.1, -0.05) is 30.3 Å². The third kappa shape index (κ3) is 9.67. The van der Waals surface area contributed by atoms with E-state index in [1.165, 1.54) is 0 Å². The number of benzene rings is 4. The van der Waals surface area contributed by atoms with E-state index in [2.05, 4.69) is 44.2 Å². The molecule has 51 heavy (non-hydrogen) atoms. The molecular formula is C44H28N4OPt2-4. The molecule has 0 saturated heterocycles. The number of pyridine rings is 4. The Morgan fingerprint density at radius 2 is 1.02 bits per heavy atom. The van der Waals surface area contributed by atoms with Crippen LogP contribution in [-0.2, 0) is 42.1 Å². The third-order valence-electron chi connectivity index (χ3n) is 7.50. The minimum absolute atomic E-state index is 0. The predicted molar refractivity (Wildman–Crippen MR) is 195 cm³/mol. The fourth-order valence-corrected chi connectivity index (χ4v) is 5.12. The van der Waals surface area contributed by atoms with E-state index < -0.39 is 0 Å². The first kappa shape index (κ1) is 36.9. The SMILES string of the molecule is [Pt].[Pt].[c-]1cccc2cc3oc[c-]c3cc12.[c-]1ccccc1-c1[c-]c(-c2ccccn2)ccc1.c1ccc(-c2cccc(-c3ccccn3)n2)nc1. The van der Waals surface area contributed by atoms with Crippen LogP contribution in [0, 0.1) is 24.3 Å². The summed E-state index contributed by atoms with van der Waals surface area (Å²) < 4.78 is 5.26. The van der Waals surface area contributed by atoms with Gasteiger partial charge in [-0.3, -0.25) is 15.0 Å². The van der Waals surface area contributed by atoms with Crippen LogP contribution in [0.4, 0.5) is 0 Å². The Hall–Kier alpha value is -5.34. The quantitative estimate of drug-likeness (QED) is 0.164. The second-order valence-electron chi connectivity index (χ2n) is 10.8. The Balaban J connectivity index is 0.000000147. The van der Waals surface area contributed by atoms with E-state index in [4.69, 9.17) is 4.42 Å². The number of nitrogens with zero attached hydrogens (tertiary/aromatic N) is 4. The molecule has 0 saturated carbocycles. The fourth-order valence-electron chi connectivity index (χ4n) is 5.12. The summed E-state index contributed by atoms with van der Waals surface area (Å²) in [5, 5.41) is 3.26. The molecular weight excluding hydrogens is 991 g/mol. The van der Waals surface area contributed by atoms with E-state index in [0.29, 0.717) is 0 Å². The van der Waals surface area contributed by atoms with Gasteiger partial charge in [0.2, 0.25) is 0 Å². The molecule has 0 radical (unpaired) electrons. The summed E-state index contributed by atoms with van der Waals surface area (Å²) in [4.78, 5) is 17.5. The molecule has 0 aliphatic rings. The molecule has 0 aliphatic carbocycles. The Labute approximate surface area is 326 Å². The molecule has 4 aromatic carbocycles. The van der Waals surface area contributed by atoms with Crippen molar-refractivity contribution >= 4 is 21.7 Å². The first-order chi connectivity index (χ1) is 24.3. The van der Waals surface area contributed by atoms with Crippen LogP contribution in [0.3, 0.4) is 0 Å². The van der Waals surface area contributed by atoms with Crippen LogP contribution in [0.2, 0.25) is 0 Å². The molecule has 0 amide bonds. The predicted octanol–water partition coefficient (Wildman–Crippen LogP) is 10.4. The summed E-state index contributed by atoms with van der Waals surface area (Å²) >= 11 is 0. The van der Waals surface area contributed by atoms with Gasteiger partial charge in [-0.05, 0) is 42.5 Å². The van der Waals surface area contributed by atoms with Gasteiger partial charge in [0.25, 0.3) is 0 Å². The summed E-state index contributed by atoms with van der Waals surface area (Å²) in [6, 6.07) is 60.1. The zero-order valence-corrected chi connectivity index (χ0v) is 31.5. The van der Waals surface area contributed by atoms with Gasteiger partial charge < -0.3 is 4.42 Å².